The van der Waals surface area contributed by atoms with Crippen LogP contribution in [0.3, 0.4) is 0 Å². The van der Waals surface area contributed by atoms with Gasteiger partial charge in [-0.25, -0.2) is 0 Å². The molecule has 2 rings (SSSR count). The van der Waals surface area contributed by atoms with Crippen molar-refractivity contribution in [3.05, 3.63) is 71.5 Å². The molecule has 0 fully saturated rings. The Morgan fingerprint density at radius 2 is 1.37 bits per heavy atom. The summed E-state index contributed by atoms with van der Waals surface area (Å²) in [5.41, 5.74) is 1.74. The predicted molar refractivity (Wildman–Crippen MR) is 94.9 cm³/mol. The van der Waals surface area contributed by atoms with Crippen LogP contribution < -0.4 is 15.3 Å². The molecule has 0 spiro atoms. The van der Waals surface area contributed by atoms with Crippen molar-refractivity contribution >= 4 is 45.2 Å². The van der Waals surface area contributed by atoms with E-state index in [2.05, 4.69) is 5.73 Å². The Balaban J connectivity index is -0.000000367. The van der Waals surface area contributed by atoms with Crippen LogP contribution in [0.4, 0.5) is 13.2 Å². The van der Waals surface area contributed by atoms with Gasteiger partial charge in [0.1, 0.15) is 5.76 Å². The van der Waals surface area contributed by atoms with E-state index in [-0.39, 0.29) is 32.9 Å². The number of benzene rings is 1. The molecule has 163 valence electrons. The number of carbonyl (C=O) groups excluding carboxylic acids is 3. The number of alkyl halides is 3. The molecule has 7 nitrogen and oxygen atoms in total. The Morgan fingerprint density at radius 1 is 0.933 bits per heavy atom. The number of allylic oxidation sites excluding steroid dienone is 2. The Hall–Kier alpha value is -2.60. The van der Waals surface area contributed by atoms with Gasteiger partial charge in [-0.3, -0.25) is 0 Å². The molecular weight excluding hydrogens is 604 g/mol. The third-order valence-corrected chi connectivity index (χ3v) is 2.37. The molecule has 1 aromatic carbocycles. The topological polar surface area (TPSA) is 130 Å². The number of carbonyl (C=O) groups is 3. The molecule has 0 atom stereocenters. The van der Waals surface area contributed by atoms with Gasteiger partial charge >= 0.3 is 6.18 Å². The van der Waals surface area contributed by atoms with E-state index in [4.69, 9.17) is 24.5 Å². The summed E-state index contributed by atoms with van der Waals surface area (Å²) < 4.78 is 40.8. The van der Waals surface area contributed by atoms with Crippen LogP contribution in [0.25, 0.3) is 0 Å². The minimum Gasteiger partial charge on any atom is -0.550 e. The van der Waals surface area contributed by atoms with Crippen LogP contribution in [0, 0.1) is 6.42 Å². The van der Waals surface area contributed by atoms with Gasteiger partial charge in [-0.05, 0) is 49.8 Å². The molecule has 0 bridgehead atoms. The minimum absolute atomic E-state index is 0. The summed E-state index contributed by atoms with van der Waals surface area (Å²) >= 11 is 0. The first-order valence-corrected chi connectivity index (χ1v) is 7.55. The van der Waals surface area contributed by atoms with Gasteiger partial charge < -0.3 is 34.4 Å². The summed E-state index contributed by atoms with van der Waals surface area (Å²) in [4.78, 5) is 27.9. The molecule has 0 unspecified atom stereocenters. The van der Waals surface area contributed by atoms with E-state index >= 15 is 0 Å². The van der Waals surface area contributed by atoms with E-state index in [9.17, 15) is 23.1 Å². The average molecular weight is 622 g/mol. The smallest absolute Gasteiger partial charge is 0.416 e. The molecule has 1 aliphatic rings. The molecule has 1 aliphatic carbocycles. The van der Waals surface area contributed by atoms with E-state index in [0.29, 0.717) is 12.1 Å². The second-order valence-corrected chi connectivity index (χ2v) is 4.79. The maximum atomic E-state index is 12.0. The zero-order valence-electron chi connectivity index (χ0n) is 16.1. The number of hydrogen-bond donors (Lipinski definition) is 0. The van der Waals surface area contributed by atoms with E-state index < -0.39 is 29.6 Å². The first-order chi connectivity index (χ1) is 13.3. The van der Waals surface area contributed by atoms with Crippen LogP contribution >= 0.6 is 0 Å². The fourth-order valence-corrected chi connectivity index (χ4v) is 1.30. The normalized spacial score (nSPS) is 10.8. The van der Waals surface area contributed by atoms with Crippen molar-refractivity contribution in [2.24, 2.45) is 0 Å². The molecule has 1 aromatic rings. The molecule has 0 saturated heterocycles. The largest absolute Gasteiger partial charge is 0.550 e. The summed E-state index contributed by atoms with van der Waals surface area (Å²) in [6, 6.07) is 3.12. The van der Waals surface area contributed by atoms with Crippen LogP contribution in [0.1, 0.15) is 29.8 Å². The molecule has 0 aliphatic heterocycles. The number of aromatic carboxylic acids is 1. The third-order valence-electron chi connectivity index (χ3n) is 2.37. The monoisotopic (exact) mass is 622 g/mol. The van der Waals surface area contributed by atoms with Gasteiger partial charge in [0.25, 0.3) is 0 Å². The number of aliphatic carboxylic acids is 2. The fraction of sp³-hybridized carbons (Fsp3) is 0.211. The Kier molecular flexibility index (Phi) is 18.5. The molecular formula is C19H17F3O7Pb-3. The van der Waals surface area contributed by atoms with Crippen LogP contribution in [0.5, 0.6) is 0 Å². The van der Waals surface area contributed by atoms with Gasteiger partial charge in [0, 0.05) is 39.2 Å². The zero-order chi connectivity index (χ0) is 23.0. The van der Waals surface area contributed by atoms with Crippen molar-refractivity contribution in [1.29, 1.82) is 0 Å². The van der Waals surface area contributed by atoms with Crippen LogP contribution in [-0.2, 0) is 20.5 Å². The van der Waals surface area contributed by atoms with Gasteiger partial charge in [0.05, 0.1) is 25.1 Å². The van der Waals surface area contributed by atoms with Crippen molar-refractivity contribution < 1.29 is 47.6 Å². The Morgan fingerprint density at radius 3 is 1.60 bits per heavy atom. The van der Waals surface area contributed by atoms with Crippen LogP contribution in [-0.4, -0.2) is 52.3 Å². The second-order valence-electron chi connectivity index (χ2n) is 4.79. The molecule has 0 aromatic heterocycles. The van der Waals surface area contributed by atoms with Crippen molar-refractivity contribution in [3.8, 4) is 0 Å². The maximum Gasteiger partial charge on any atom is 0.416 e. The summed E-state index contributed by atoms with van der Waals surface area (Å²) in [6.45, 7) is 1.94. The Labute approximate surface area is 191 Å². The number of methoxy groups -OCH3 is 1. The fourth-order valence-electron chi connectivity index (χ4n) is 1.30. The summed E-state index contributed by atoms with van der Waals surface area (Å²) in [6.07, 6.45) is 2.92. The van der Waals surface area contributed by atoms with Gasteiger partial charge in [-0.15, -0.1) is 5.73 Å². The van der Waals surface area contributed by atoms with Gasteiger partial charge in [0.2, 0.25) is 0 Å². The van der Waals surface area contributed by atoms with E-state index in [1.54, 1.807) is 7.11 Å². The minimum atomic E-state index is -4.44. The molecule has 0 amide bonds. The van der Waals surface area contributed by atoms with Gasteiger partial charge in [-0.1, -0.05) is 12.1 Å². The predicted octanol–water partition coefficient (Wildman–Crippen LogP) is -0.354. The Bertz CT molecular complexity index is 743. The summed E-state index contributed by atoms with van der Waals surface area (Å²) in [5, 5.41) is 27.9. The molecule has 30 heavy (non-hydrogen) atoms. The third kappa shape index (κ3) is 20.1. The number of carboxylic acids is 3. The molecule has 0 heterocycles. The summed E-state index contributed by atoms with van der Waals surface area (Å²) in [5.74, 6) is -2.78. The molecule has 11 heteroatoms. The van der Waals surface area contributed by atoms with Gasteiger partial charge in [0.15, 0.2) is 0 Å². The summed E-state index contributed by atoms with van der Waals surface area (Å²) in [7, 11) is 1.65. The maximum absolute atomic E-state index is 12.0. The van der Waals surface area contributed by atoms with E-state index in [1.165, 1.54) is 0 Å². The first kappa shape index (κ1) is 32.1. The van der Waals surface area contributed by atoms with Crippen LogP contribution in [0.2, 0.25) is 0 Å². The van der Waals surface area contributed by atoms with E-state index in [1.807, 2.05) is 24.6 Å². The first-order valence-electron chi connectivity index (χ1n) is 7.55. The quantitative estimate of drug-likeness (QED) is 0.326. The second kappa shape index (κ2) is 17.3. The SMILES string of the molecule is CC(=O)[O-].CC(=O)[O-].COC1=CC=C=C[CH]1.O=C([O-])c1ccc(C(F)(F)F)cc1.[Pb]. The van der Waals surface area contributed by atoms with Gasteiger partial charge in [-0.2, -0.15) is 13.2 Å². The zero-order valence-corrected chi connectivity index (χ0v) is 20.0. The number of rotatable bonds is 2. The van der Waals surface area contributed by atoms with Crippen molar-refractivity contribution in [2.75, 3.05) is 7.11 Å². The van der Waals surface area contributed by atoms with Crippen molar-refractivity contribution in [2.45, 2.75) is 20.0 Å². The number of halogens is 3. The molecule has 0 saturated carbocycles. The number of carboxylic acid groups (broad SMARTS) is 3. The molecule has 5 radical (unpaired) electrons. The number of ether oxygens (including phenoxy) is 1. The van der Waals surface area contributed by atoms with Crippen molar-refractivity contribution in [1.82, 2.24) is 0 Å². The molecule has 0 N–H and O–H groups in total. The number of hydrogen-bond acceptors (Lipinski definition) is 7. The van der Waals surface area contributed by atoms with Crippen LogP contribution in [0.15, 0.2) is 54.0 Å². The van der Waals surface area contributed by atoms with Crippen molar-refractivity contribution in [3.63, 3.8) is 0 Å². The van der Waals surface area contributed by atoms with E-state index in [0.717, 1.165) is 31.7 Å². The standard InChI is InChI=1S/C8H5F3O2.C7H7O.2C2H4O2.Pb/c9-8(10,11)6-3-1-5(2-4-6)7(12)13;1-8-7-5-3-2-4-6-7;2*1-2(3)4;/h1-4H,(H,12,13);3-6H,1H3;2*1H3,(H,3,4);/p-3. The average Bonchev–Trinajstić information content (AvgIpc) is 2.61.